The number of nitrogens with one attached hydrogen (secondary N) is 3. The zero-order valence-electron chi connectivity index (χ0n) is 17.1. The number of carbonyl (C=O) groups excluding carboxylic acids is 1. The molecule has 31 heavy (non-hydrogen) atoms. The van der Waals surface area contributed by atoms with Crippen molar-refractivity contribution >= 4 is 28.3 Å². The third-order valence-corrected chi connectivity index (χ3v) is 5.84. The molecule has 0 radical (unpaired) electrons. The first-order chi connectivity index (χ1) is 15.2. The minimum absolute atomic E-state index is 0.0462. The number of aromatic amines is 2. The summed E-state index contributed by atoms with van der Waals surface area (Å²) < 4.78 is 5.44. The minimum Gasteiger partial charge on any atom is -0.378 e. The number of H-pyrrole nitrogens is 2. The highest BCUT2D eigenvalue weighted by Gasteiger charge is 2.25. The molecule has 2 aromatic heterocycles. The van der Waals surface area contributed by atoms with Gasteiger partial charge < -0.3 is 29.8 Å². The van der Waals surface area contributed by atoms with Crippen LogP contribution in [0, 0.1) is 0 Å². The molecule has 10 nitrogen and oxygen atoms in total. The van der Waals surface area contributed by atoms with E-state index >= 15 is 0 Å². The lowest BCUT2D eigenvalue weighted by atomic mass is 10.0. The molecule has 162 valence electrons. The number of anilines is 2. The number of fused-ring (bicyclic) bond motifs is 1. The summed E-state index contributed by atoms with van der Waals surface area (Å²) in [4.78, 5) is 43.0. The van der Waals surface area contributed by atoms with E-state index in [0.29, 0.717) is 31.4 Å². The van der Waals surface area contributed by atoms with Gasteiger partial charge in [0.2, 0.25) is 0 Å². The van der Waals surface area contributed by atoms with Crippen molar-refractivity contribution in [1.82, 2.24) is 25.3 Å². The van der Waals surface area contributed by atoms with Gasteiger partial charge in [0.25, 0.3) is 5.91 Å². The third kappa shape index (κ3) is 4.11. The molecule has 2 saturated heterocycles. The molecule has 1 amide bonds. The van der Waals surface area contributed by atoms with Crippen LogP contribution in [0.2, 0.25) is 0 Å². The molecule has 1 unspecified atom stereocenters. The fourth-order valence-corrected chi connectivity index (χ4v) is 4.32. The number of benzene rings is 1. The molecule has 10 heteroatoms. The second-order valence-electron chi connectivity index (χ2n) is 7.89. The second-order valence-corrected chi connectivity index (χ2v) is 7.89. The van der Waals surface area contributed by atoms with Gasteiger partial charge in [0.1, 0.15) is 5.82 Å². The summed E-state index contributed by atoms with van der Waals surface area (Å²) in [6.07, 6.45) is 4.94. The van der Waals surface area contributed by atoms with E-state index in [1.165, 1.54) is 0 Å². The van der Waals surface area contributed by atoms with E-state index in [4.69, 9.17) is 4.74 Å². The van der Waals surface area contributed by atoms with Gasteiger partial charge in [-0.2, -0.15) is 4.98 Å². The van der Waals surface area contributed by atoms with Crippen LogP contribution in [0.1, 0.15) is 23.5 Å². The third-order valence-electron chi connectivity index (χ3n) is 5.84. The monoisotopic (exact) mass is 423 g/mol. The number of hydrogen-bond donors (Lipinski definition) is 3. The van der Waals surface area contributed by atoms with Gasteiger partial charge in [-0.15, -0.1) is 0 Å². The van der Waals surface area contributed by atoms with Crippen molar-refractivity contribution in [3.8, 4) is 0 Å². The van der Waals surface area contributed by atoms with Gasteiger partial charge in [0.05, 0.1) is 18.7 Å². The van der Waals surface area contributed by atoms with E-state index in [0.717, 1.165) is 49.1 Å². The van der Waals surface area contributed by atoms with Crippen LogP contribution in [0.15, 0.2) is 35.4 Å². The summed E-state index contributed by atoms with van der Waals surface area (Å²) in [5.74, 6) is 0.729. The standard InChI is InChI=1S/C21H25N7O3/c29-20(18-22-5-6-23-18)24-14-2-1-7-28(13-14)19-16-4-3-15(27-8-10-31-11-9-27)12-17(16)25-21(30)26-19/h3-6,12,14H,1-2,7-11,13H2,(H,22,23)(H,24,29)(H,25,26,30). The molecular weight excluding hydrogens is 398 g/mol. The zero-order valence-corrected chi connectivity index (χ0v) is 17.1. The van der Waals surface area contributed by atoms with Crippen LogP contribution in [0.3, 0.4) is 0 Å². The van der Waals surface area contributed by atoms with Crippen molar-refractivity contribution in [2.24, 2.45) is 0 Å². The smallest absolute Gasteiger partial charge is 0.347 e. The molecule has 0 saturated carbocycles. The molecule has 0 aliphatic carbocycles. The fraction of sp³-hybridized carbons (Fsp3) is 0.429. The fourth-order valence-electron chi connectivity index (χ4n) is 4.32. The van der Waals surface area contributed by atoms with E-state index < -0.39 is 0 Å². The van der Waals surface area contributed by atoms with Gasteiger partial charge >= 0.3 is 5.69 Å². The largest absolute Gasteiger partial charge is 0.378 e. The molecular formula is C21H25N7O3. The lowest BCUT2D eigenvalue weighted by Crippen LogP contribution is -2.48. The van der Waals surface area contributed by atoms with Gasteiger partial charge in [-0.1, -0.05) is 0 Å². The van der Waals surface area contributed by atoms with Gasteiger partial charge in [-0.25, -0.2) is 9.78 Å². The average molecular weight is 423 g/mol. The van der Waals surface area contributed by atoms with E-state index in [2.05, 4.69) is 41.1 Å². The van der Waals surface area contributed by atoms with Crippen LogP contribution in [0.4, 0.5) is 11.5 Å². The highest BCUT2D eigenvalue weighted by molar-refractivity contribution is 5.92. The van der Waals surface area contributed by atoms with E-state index in [9.17, 15) is 9.59 Å². The van der Waals surface area contributed by atoms with Gasteiger partial charge in [0.15, 0.2) is 5.82 Å². The van der Waals surface area contributed by atoms with Crippen molar-refractivity contribution in [1.29, 1.82) is 0 Å². The summed E-state index contributed by atoms with van der Waals surface area (Å²) in [7, 11) is 0. The number of carbonyl (C=O) groups is 1. The first-order valence-electron chi connectivity index (χ1n) is 10.6. The molecule has 3 aromatic rings. The highest BCUT2D eigenvalue weighted by atomic mass is 16.5. The summed E-state index contributed by atoms with van der Waals surface area (Å²) in [5.41, 5.74) is 1.45. The quantitative estimate of drug-likeness (QED) is 0.570. The first-order valence-corrected chi connectivity index (χ1v) is 10.6. The lowest BCUT2D eigenvalue weighted by Gasteiger charge is -2.34. The maximum absolute atomic E-state index is 12.4. The molecule has 0 bridgehead atoms. The molecule has 2 aliphatic rings. The Morgan fingerprint density at radius 2 is 2.06 bits per heavy atom. The number of hydrogen-bond acceptors (Lipinski definition) is 7. The van der Waals surface area contributed by atoms with Crippen molar-refractivity contribution in [2.45, 2.75) is 18.9 Å². The van der Waals surface area contributed by atoms with E-state index in [-0.39, 0.29) is 17.6 Å². The van der Waals surface area contributed by atoms with Gasteiger partial charge in [-0.3, -0.25) is 4.79 Å². The Morgan fingerprint density at radius 1 is 1.19 bits per heavy atom. The molecule has 1 aromatic carbocycles. The van der Waals surface area contributed by atoms with Crippen molar-refractivity contribution in [3.05, 3.63) is 46.9 Å². The average Bonchev–Trinajstić information content (AvgIpc) is 3.34. The Hall–Kier alpha value is -3.40. The normalized spacial score (nSPS) is 19.5. The number of rotatable bonds is 4. The van der Waals surface area contributed by atoms with Crippen LogP contribution >= 0.6 is 0 Å². The van der Waals surface area contributed by atoms with Crippen LogP contribution in [0.25, 0.3) is 10.9 Å². The molecule has 4 heterocycles. The predicted molar refractivity (Wildman–Crippen MR) is 117 cm³/mol. The Kier molecular flexibility index (Phi) is 5.29. The van der Waals surface area contributed by atoms with E-state index in [1.54, 1.807) is 12.4 Å². The molecule has 3 N–H and O–H groups in total. The summed E-state index contributed by atoms with van der Waals surface area (Å²) in [6, 6.07) is 6.05. The Morgan fingerprint density at radius 3 is 2.87 bits per heavy atom. The van der Waals surface area contributed by atoms with Gasteiger partial charge in [-0.05, 0) is 31.0 Å². The Balaban J connectivity index is 1.39. The maximum atomic E-state index is 12.4. The number of morpholine rings is 1. The van der Waals surface area contributed by atoms with Crippen molar-refractivity contribution < 1.29 is 9.53 Å². The van der Waals surface area contributed by atoms with E-state index in [1.807, 2.05) is 12.1 Å². The second kappa shape index (κ2) is 8.38. The van der Waals surface area contributed by atoms with Gasteiger partial charge in [0, 0.05) is 55.7 Å². The summed E-state index contributed by atoms with van der Waals surface area (Å²) >= 11 is 0. The van der Waals surface area contributed by atoms with Crippen molar-refractivity contribution in [2.75, 3.05) is 49.2 Å². The predicted octanol–water partition coefficient (Wildman–Crippen LogP) is 0.882. The lowest BCUT2D eigenvalue weighted by molar-refractivity contribution is 0.0923. The number of piperidine rings is 1. The molecule has 1 atom stereocenters. The van der Waals surface area contributed by atoms with Crippen molar-refractivity contribution in [3.63, 3.8) is 0 Å². The summed E-state index contributed by atoms with van der Waals surface area (Å²) in [5, 5.41) is 3.93. The maximum Gasteiger partial charge on any atom is 0.347 e. The molecule has 5 rings (SSSR count). The minimum atomic E-state index is -0.372. The topological polar surface area (TPSA) is 119 Å². The molecule has 2 aliphatic heterocycles. The number of aromatic nitrogens is 4. The molecule has 2 fully saturated rings. The van der Waals surface area contributed by atoms with Crippen LogP contribution in [0.5, 0.6) is 0 Å². The highest BCUT2D eigenvalue weighted by Crippen LogP contribution is 2.28. The Bertz CT molecular complexity index is 1120. The van der Waals surface area contributed by atoms with Crippen LogP contribution < -0.4 is 20.8 Å². The first kappa shape index (κ1) is 19.6. The van der Waals surface area contributed by atoms with Crippen LogP contribution in [-0.2, 0) is 4.74 Å². The SMILES string of the molecule is O=C(NC1CCCN(c2nc(=O)[nH]c3cc(N4CCOCC4)ccc23)C1)c1ncc[nH]1. The van der Waals surface area contributed by atoms with Crippen LogP contribution in [-0.4, -0.2) is 71.3 Å². The summed E-state index contributed by atoms with van der Waals surface area (Å²) in [6.45, 7) is 4.44. The number of amides is 1. The number of nitrogens with zero attached hydrogens (tertiary/aromatic N) is 4. The number of imidazole rings is 1. The Labute approximate surface area is 178 Å². The number of ether oxygens (including phenoxy) is 1. The molecule has 0 spiro atoms. The zero-order chi connectivity index (χ0) is 21.2.